The molecular weight excluding hydrogens is 374 g/mol. The van der Waals surface area contributed by atoms with E-state index in [1.807, 2.05) is 64.4 Å². The van der Waals surface area contributed by atoms with Crippen LogP contribution in [0.1, 0.15) is 33.3 Å². The first kappa shape index (κ1) is 20.0. The lowest BCUT2D eigenvalue weighted by molar-refractivity contribution is 0.232. The summed E-state index contributed by atoms with van der Waals surface area (Å²) in [6, 6.07) is 14.3. The van der Waals surface area contributed by atoms with Gasteiger partial charge in [0.25, 0.3) is 0 Å². The summed E-state index contributed by atoms with van der Waals surface area (Å²) in [5, 5.41) is 0. The van der Waals surface area contributed by atoms with Gasteiger partial charge in [0.2, 0.25) is 5.88 Å². The molecule has 0 saturated heterocycles. The number of benzene rings is 1. The normalized spacial score (nSPS) is 11.4. The molecule has 30 heavy (non-hydrogen) atoms. The topological polar surface area (TPSA) is 48.7 Å². The van der Waals surface area contributed by atoms with Crippen molar-refractivity contribution in [1.82, 2.24) is 14.4 Å². The molecule has 0 spiro atoms. The van der Waals surface area contributed by atoms with Crippen LogP contribution in [-0.4, -0.2) is 26.6 Å². The standard InChI is InChI=1S/C25H27N3O2/c1-16(2)29-21-9-6-19(7-10-21)22-15-28-23(14-26-24(28)12-18(22)5)20-8-11-25(27-13-20)30-17(3)4/h6-17H,1-5H3. The summed E-state index contributed by atoms with van der Waals surface area (Å²) in [7, 11) is 0. The quantitative estimate of drug-likeness (QED) is 0.401. The summed E-state index contributed by atoms with van der Waals surface area (Å²) >= 11 is 0. The molecule has 5 nitrogen and oxygen atoms in total. The van der Waals surface area contributed by atoms with Crippen molar-refractivity contribution in [2.45, 2.75) is 46.8 Å². The molecule has 0 N–H and O–H groups in total. The van der Waals surface area contributed by atoms with Crippen molar-refractivity contribution >= 4 is 5.65 Å². The highest BCUT2D eigenvalue weighted by Crippen LogP contribution is 2.29. The first-order valence-electron chi connectivity index (χ1n) is 10.3. The predicted octanol–water partition coefficient (Wildman–Crippen LogP) is 5.95. The molecule has 0 aliphatic heterocycles. The molecule has 4 aromatic rings. The highest BCUT2D eigenvalue weighted by molar-refractivity contribution is 5.72. The zero-order valence-corrected chi connectivity index (χ0v) is 18.1. The largest absolute Gasteiger partial charge is 0.491 e. The summed E-state index contributed by atoms with van der Waals surface area (Å²) in [4.78, 5) is 9.03. The monoisotopic (exact) mass is 401 g/mol. The molecule has 0 amide bonds. The lowest BCUT2D eigenvalue weighted by Gasteiger charge is -2.12. The first-order chi connectivity index (χ1) is 14.4. The molecule has 5 heteroatoms. The minimum atomic E-state index is 0.0991. The molecule has 0 unspecified atom stereocenters. The fraction of sp³-hybridized carbons (Fsp3) is 0.280. The maximum absolute atomic E-state index is 5.77. The van der Waals surface area contributed by atoms with Gasteiger partial charge in [0.15, 0.2) is 0 Å². The van der Waals surface area contributed by atoms with Crippen molar-refractivity contribution in [3.05, 3.63) is 66.6 Å². The van der Waals surface area contributed by atoms with Gasteiger partial charge in [0.1, 0.15) is 11.4 Å². The minimum Gasteiger partial charge on any atom is -0.491 e. The van der Waals surface area contributed by atoms with Crippen molar-refractivity contribution in [3.63, 3.8) is 0 Å². The fourth-order valence-electron chi connectivity index (χ4n) is 3.46. The maximum atomic E-state index is 5.77. The average molecular weight is 402 g/mol. The number of fused-ring (bicyclic) bond motifs is 1. The number of aromatic nitrogens is 3. The molecule has 4 rings (SSSR count). The molecule has 3 aromatic heterocycles. The van der Waals surface area contributed by atoms with E-state index in [2.05, 4.69) is 45.7 Å². The zero-order valence-electron chi connectivity index (χ0n) is 18.1. The number of rotatable bonds is 6. The third kappa shape index (κ3) is 4.15. The number of hydrogen-bond acceptors (Lipinski definition) is 4. The highest BCUT2D eigenvalue weighted by Gasteiger charge is 2.11. The first-order valence-corrected chi connectivity index (χ1v) is 10.3. The average Bonchev–Trinajstić information content (AvgIpc) is 3.10. The van der Waals surface area contributed by atoms with E-state index >= 15 is 0 Å². The Bertz CT molecular complexity index is 1140. The van der Waals surface area contributed by atoms with Crippen molar-refractivity contribution in [1.29, 1.82) is 0 Å². The molecule has 0 bridgehead atoms. The van der Waals surface area contributed by atoms with Gasteiger partial charge in [-0.2, -0.15) is 0 Å². The van der Waals surface area contributed by atoms with E-state index in [1.165, 1.54) is 5.56 Å². The maximum Gasteiger partial charge on any atom is 0.213 e. The SMILES string of the molecule is Cc1cc2ncc(-c3ccc(OC(C)C)nc3)n2cc1-c1ccc(OC(C)C)cc1. The Morgan fingerprint density at radius 1 is 0.800 bits per heavy atom. The van der Waals surface area contributed by atoms with Crippen LogP contribution in [0.15, 0.2) is 61.1 Å². The van der Waals surface area contributed by atoms with E-state index in [0.717, 1.165) is 33.8 Å². The minimum absolute atomic E-state index is 0.0991. The summed E-state index contributed by atoms with van der Waals surface area (Å²) < 4.78 is 13.5. The Hall–Kier alpha value is -3.34. The molecule has 0 radical (unpaired) electrons. The highest BCUT2D eigenvalue weighted by atomic mass is 16.5. The number of pyridine rings is 2. The van der Waals surface area contributed by atoms with Gasteiger partial charge < -0.3 is 9.47 Å². The lowest BCUT2D eigenvalue weighted by atomic mass is 10.0. The Morgan fingerprint density at radius 3 is 2.13 bits per heavy atom. The molecular formula is C25H27N3O2. The fourth-order valence-corrected chi connectivity index (χ4v) is 3.46. The molecule has 0 atom stereocenters. The van der Waals surface area contributed by atoms with Gasteiger partial charge >= 0.3 is 0 Å². The number of imidazole rings is 1. The Balaban J connectivity index is 1.71. The molecule has 0 aliphatic rings. The Labute approximate surface area is 177 Å². The van der Waals surface area contributed by atoms with Crippen LogP contribution in [0.4, 0.5) is 0 Å². The van der Waals surface area contributed by atoms with Crippen LogP contribution in [0.25, 0.3) is 28.0 Å². The predicted molar refractivity (Wildman–Crippen MR) is 120 cm³/mol. The van der Waals surface area contributed by atoms with Crippen molar-refractivity contribution < 1.29 is 9.47 Å². The molecule has 1 aromatic carbocycles. The third-order valence-corrected chi connectivity index (χ3v) is 4.78. The van der Waals surface area contributed by atoms with Gasteiger partial charge in [-0.25, -0.2) is 9.97 Å². The van der Waals surface area contributed by atoms with Gasteiger partial charge in [0, 0.05) is 29.6 Å². The van der Waals surface area contributed by atoms with E-state index in [9.17, 15) is 0 Å². The van der Waals surface area contributed by atoms with Gasteiger partial charge in [-0.3, -0.25) is 4.40 Å². The third-order valence-electron chi connectivity index (χ3n) is 4.78. The van der Waals surface area contributed by atoms with Gasteiger partial charge in [0.05, 0.1) is 24.1 Å². The summed E-state index contributed by atoms with van der Waals surface area (Å²) in [5.41, 5.74) is 6.38. The smallest absolute Gasteiger partial charge is 0.213 e. The van der Waals surface area contributed by atoms with Crippen molar-refractivity contribution in [2.75, 3.05) is 0 Å². The van der Waals surface area contributed by atoms with Crippen molar-refractivity contribution in [2.24, 2.45) is 0 Å². The number of nitrogens with zero attached hydrogens (tertiary/aromatic N) is 3. The van der Waals surface area contributed by atoms with E-state index in [1.54, 1.807) is 0 Å². The van der Waals surface area contributed by atoms with Crippen LogP contribution >= 0.6 is 0 Å². The van der Waals surface area contributed by atoms with E-state index in [-0.39, 0.29) is 12.2 Å². The van der Waals surface area contributed by atoms with E-state index < -0.39 is 0 Å². The summed E-state index contributed by atoms with van der Waals surface area (Å²) in [6.45, 7) is 10.2. The van der Waals surface area contributed by atoms with Crippen LogP contribution in [0.5, 0.6) is 11.6 Å². The Kier molecular flexibility index (Phi) is 5.44. The molecule has 0 saturated carbocycles. The second-order valence-corrected chi connectivity index (χ2v) is 7.98. The van der Waals surface area contributed by atoms with E-state index in [4.69, 9.17) is 9.47 Å². The van der Waals surface area contributed by atoms with Gasteiger partial charge in [-0.1, -0.05) is 12.1 Å². The lowest BCUT2D eigenvalue weighted by Crippen LogP contribution is -2.06. The van der Waals surface area contributed by atoms with Crippen LogP contribution < -0.4 is 9.47 Å². The van der Waals surface area contributed by atoms with Crippen molar-refractivity contribution in [3.8, 4) is 34.0 Å². The van der Waals surface area contributed by atoms with Gasteiger partial charge in [-0.15, -0.1) is 0 Å². The summed E-state index contributed by atoms with van der Waals surface area (Å²) in [6.07, 6.45) is 6.12. The second kappa shape index (κ2) is 8.19. The zero-order chi connectivity index (χ0) is 21.3. The molecule has 154 valence electrons. The molecule has 0 aliphatic carbocycles. The van der Waals surface area contributed by atoms with E-state index in [0.29, 0.717) is 5.88 Å². The number of aryl methyl sites for hydroxylation is 1. The Morgan fingerprint density at radius 2 is 1.50 bits per heavy atom. The van der Waals surface area contributed by atoms with Crippen LogP contribution in [0, 0.1) is 6.92 Å². The van der Waals surface area contributed by atoms with Gasteiger partial charge in [-0.05, 0) is 70.0 Å². The van der Waals surface area contributed by atoms with Crippen LogP contribution in [0.3, 0.4) is 0 Å². The summed E-state index contributed by atoms with van der Waals surface area (Å²) in [5.74, 6) is 1.51. The van der Waals surface area contributed by atoms with Crippen LogP contribution in [0.2, 0.25) is 0 Å². The number of ether oxygens (including phenoxy) is 2. The number of hydrogen-bond donors (Lipinski definition) is 0. The van der Waals surface area contributed by atoms with Crippen LogP contribution in [-0.2, 0) is 0 Å². The molecule has 3 heterocycles. The second-order valence-electron chi connectivity index (χ2n) is 7.98. The molecule has 0 fully saturated rings.